The topological polar surface area (TPSA) is 93.1 Å². The van der Waals surface area contributed by atoms with Crippen LogP contribution in [0.15, 0.2) is 55.1 Å². The molecule has 0 unspecified atom stereocenters. The summed E-state index contributed by atoms with van der Waals surface area (Å²) in [4.78, 5) is 31.6. The molecule has 1 N–H and O–H groups in total. The number of amides is 1. The molecular weight excluding hydrogens is 368 g/mol. The molecule has 1 saturated heterocycles. The first-order chi connectivity index (χ1) is 14.2. The second-order valence-corrected chi connectivity index (χ2v) is 6.81. The Kier molecular flexibility index (Phi) is 5.60. The van der Waals surface area contributed by atoms with Gasteiger partial charge < -0.3 is 9.64 Å². The molecule has 4 rings (SSSR count). The summed E-state index contributed by atoms with van der Waals surface area (Å²) in [5, 5.41) is 2.79. The molecule has 8 heteroatoms. The van der Waals surface area contributed by atoms with Crippen LogP contribution in [0.2, 0.25) is 0 Å². The Balaban J connectivity index is 1.39. The summed E-state index contributed by atoms with van der Waals surface area (Å²) in [6.45, 7) is 1.51. The zero-order valence-corrected chi connectivity index (χ0v) is 16.2. The van der Waals surface area contributed by atoms with Crippen molar-refractivity contribution in [3.05, 3.63) is 55.1 Å². The van der Waals surface area contributed by atoms with E-state index in [2.05, 4.69) is 30.2 Å². The van der Waals surface area contributed by atoms with Gasteiger partial charge in [0.05, 0.1) is 12.8 Å². The predicted octanol–water partition coefficient (Wildman–Crippen LogP) is 2.80. The average Bonchev–Trinajstić information content (AvgIpc) is 2.80. The fourth-order valence-electron chi connectivity index (χ4n) is 3.39. The van der Waals surface area contributed by atoms with Crippen molar-refractivity contribution in [1.29, 1.82) is 0 Å². The molecular formula is C21H22N6O2. The van der Waals surface area contributed by atoms with Crippen LogP contribution in [0.1, 0.15) is 12.8 Å². The van der Waals surface area contributed by atoms with E-state index in [4.69, 9.17) is 4.74 Å². The molecule has 3 heterocycles. The van der Waals surface area contributed by atoms with Gasteiger partial charge in [-0.25, -0.2) is 19.9 Å². The Bertz CT molecular complexity index is 956. The number of nitrogens with zero attached hydrogens (tertiary/aromatic N) is 5. The molecule has 1 aromatic carbocycles. The van der Waals surface area contributed by atoms with E-state index < -0.39 is 0 Å². The number of nitrogens with one attached hydrogen (secondary N) is 1. The van der Waals surface area contributed by atoms with E-state index in [-0.39, 0.29) is 11.8 Å². The van der Waals surface area contributed by atoms with Crippen LogP contribution in [-0.2, 0) is 4.79 Å². The van der Waals surface area contributed by atoms with Gasteiger partial charge in [0.1, 0.15) is 17.9 Å². The van der Waals surface area contributed by atoms with E-state index >= 15 is 0 Å². The largest absolute Gasteiger partial charge is 0.497 e. The Hall–Kier alpha value is -3.55. The van der Waals surface area contributed by atoms with Crippen LogP contribution in [0, 0.1) is 5.92 Å². The summed E-state index contributed by atoms with van der Waals surface area (Å²) in [6.07, 6.45) is 6.31. The molecule has 148 valence electrons. The number of aromatic nitrogens is 4. The highest BCUT2D eigenvalue weighted by molar-refractivity contribution is 5.91. The van der Waals surface area contributed by atoms with E-state index in [9.17, 15) is 4.79 Å². The molecule has 3 aromatic rings. The summed E-state index contributed by atoms with van der Waals surface area (Å²) < 4.78 is 5.21. The second kappa shape index (κ2) is 8.64. The fourth-order valence-corrected chi connectivity index (χ4v) is 3.39. The predicted molar refractivity (Wildman–Crippen MR) is 110 cm³/mol. The summed E-state index contributed by atoms with van der Waals surface area (Å²) in [7, 11) is 1.65. The lowest BCUT2D eigenvalue weighted by atomic mass is 9.96. The first-order valence-electron chi connectivity index (χ1n) is 9.52. The van der Waals surface area contributed by atoms with Gasteiger partial charge in [0.15, 0.2) is 0 Å². The Morgan fingerprint density at radius 3 is 2.48 bits per heavy atom. The number of hydrogen-bond donors (Lipinski definition) is 1. The number of piperidine rings is 1. The lowest BCUT2D eigenvalue weighted by molar-refractivity contribution is -0.120. The van der Waals surface area contributed by atoms with Gasteiger partial charge >= 0.3 is 0 Å². The number of carbonyl (C=O) groups excluding carboxylic acids is 1. The highest BCUT2D eigenvalue weighted by atomic mass is 16.5. The molecule has 2 aromatic heterocycles. The van der Waals surface area contributed by atoms with Gasteiger partial charge in [0.25, 0.3) is 0 Å². The molecule has 1 aliphatic rings. The van der Waals surface area contributed by atoms with Gasteiger partial charge in [-0.05, 0) is 43.2 Å². The van der Waals surface area contributed by atoms with Crippen molar-refractivity contribution >= 4 is 17.7 Å². The summed E-state index contributed by atoms with van der Waals surface area (Å²) in [6, 6.07) is 11.5. The molecule has 1 amide bonds. The summed E-state index contributed by atoms with van der Waals surface area (Å²) >= 11 is 0. The molecule has 0 atom stereocenters. The minimum Gasteiger partial charge on any atom is -0.497 e. The van der Waals surface area contributed by atoms with Crippen LogP contribution in [0.25, 0.3) is 11.3 Å². The maximum Gasteiger partial charge on any atom is 0.229 e. The smallest absolute Gasteiger partial charge is 0.229 e. The van der Waals surface area contributed by atoms with Crippen molar-refractivity contribution in [2.24, 2.45) is 5.92 Å². The molecule has 1 fully saturated rings. The maximum absolute atomic E-state index is 12.5. The summed E-state index contributed by atoms with van der Waals surface area (Å²) in [5.41, 5.74) is 1.87. The number of carbonyl (C=O) groups is 1. The van der Waals surface area contributed by atoms with Crippen molar-refractivity contribution in [3.63, 3.8) is 0 Å². The van der Waals surface area contributed by atoms with Crippen LogP contribution in [0.3, 0.4) is 0 Å². The normalized spacial score (nSPS) is 14.4. The van der Waals surface area contributed by atoms with Gasteiger partial charge in [-0.2, -0.15) is 0 Å². The molecule has 1 aliphatic heterocycles. The van der Waals surface area contributed by atoms with Crippen LogP contribution in [-0.4, -0.2) is 46.0 Å². The molecule has 0 spiro atoms. The van der Waals surface area contributed by atoms with E-state index in [0.29, 0.717) is 5.95 Å². The minimum atomic E-state index is -0.0575. The molecule has 0 bridgehead atoms. The van der Waals surface area contributed by atoms with E-state index in [1.54, 1.807) is 31.9 Å². The summed E-state index contributed by atoms with van der Waals surface area (Å²) in [5.74, 6) is 1.94. The van der Waals surface area contributed by atoms with Crippen LogP contribution in [0.5, 0.6) is 5.75 Å². The Morgan fingerprint density at radius 2 is 1.79 bits per heavy atom. The first kappa shape index (κ1) is 18.8. The number of rotatable bonds is 5. The zero-order valence-electron chi connectivity index (χ0n) is 16.2. The highest BCUT2D eigenvalue weighted by Gasteiger charge is 2.26. The van der Waals surface area contributed by atoms with Crippen LogP contribution in [0.4, 0.5) is 11.8 Å². The van der Waals surface area contributed by atoms with Crippen molar-refractivity contribution in [3.8, 4) is 17.0 Å². The van der Waals surface area contributed by atoms with Crippen molar-refractivity contribution in [1.82, 2.24) is 19.9 Å². The lowest BCUT2D eigenvalue weighted by Gasteiger charge is -2.32. The van der Waals surface area contributed by atoms with Gasteiger partial charge in [-0.1, -0.05) is 0 Å². The van der Waals surface area contributed by atoms with Crippen molar-refractivity contribution in [2.75, 3.05) is 30.4 Å². The van der Waals surface area contributed by atoms with Crippen LogP contribution >= 0.6 is 0 Å². The SMILES string of the molecule is COc1ccc(-c2cc(N3CCC(C(=O)Nc4ncccn4)CC3)ncn2)cc1. The average molecular weight is 390 g/mol. The quantitative estimate of drug-likeness (QED) is 0.716. The number of methoxy groups -OCH3 is 1. The van der Waals surface area contributed by atoms with Gasteiger partial charge in [-0.15, -0.1) is 0 Å². The lowest BCUT2D eigenvalue weighted by Crippen LogP contribution is -2.38. The Labute approximate surface area is 169 Å². The first-order valence-corrected chi connectivity index (χ1v) is 9.52. The van der Waals surface area contributed by atoms with Crippen molar-refractivity contribution in [2.45, 2.75) is 12.8 Å². The third kappa shape index (κ3) is 4.48. The third-order valence-electron chi connectivity index (χ3n) is 5.03. The Morgan fingerprint density at radius 1 is 1.07 bits per heavy atom. The molecule has 0 saturated carbocycles. The number of hydrogen-bond acceptors (Lipinski definition) is 7. The number of anilines is 2. The number of ether oxygens (including phenoxy) is 1. The fraction of sp³-hybridized carbons (Fsp3) is 0.286. The molecule has 29 heavy (non-hydrogen) atoms. The monoisotopic (exact) mass is 390 g/mol. The zero-order chi connectivity index (χ0) is 20.1. The molecule has 0 radical (unpaired) electrons. The standard InChI is InChI=1S/C21H22N6O2/c1-29-17-5-3-15(4-6-17)18-13-19(25-14-24-18)27-11-7-16(8-12-27)20(28)26-21-22-9-2-10-23-21/h2-6,9-10,13-14,16H,7-8,11-12H2,1H3,(H,22,23,26,28). The van der Waals surface area contributed by atoms with Gasteiger partial charge in [0.2, 0.25) is 11.9 Å². The molecule has 8 nitrogen and oxygen atoms in total. The second-order valence-electron chi connectivity index (χ2n) is 6.81. The highest BCUT2D eigenvalue weighted by Crippen LogP contribution is 2.26. The molecule has 0 aliphatic carbocycles. The number of benzene rings is 1. The maximum atomic E-state index is 12.5. The minimum absolute atomic E-state index is 0.0301. The van der Waals surface area contributed by atoms with E-state index in [1.807, 2.05) is 30.3 Å². The van der Waals surface area contributed by atoms with Crippen LogP contribution < -0.4 is 15.0 Å². The van der Waals surface area contributed by atoms with E-state index in [0.717, 1.165) is 48.8 Å². The van der Waals surface area contributed by atoms with E-state index in [1.165, 1.54) is 0 Å². The van der Waals surface area contributed by atoms with Crippen molar-refractivity contribution < 1.29 is 9.53 Å². The van der Waals surface area contributed by atoms with Gasteiger partial charge in [0, 0.05) is 43.0 Å². The van der Waals surface area contributed by atoms with Gasteiger partial charge in [-0.3, -0.25) is 10.1 Å². The third-order valence-corrected chi connectivity index (χ3v) is 5.03.